The predicted molar refractivity (Wildman–Crippen MR) is 74.4 cm³/mol. The van der Waals surface area contributed by atoms with Crippen molar-refractivity contribution in [3.63, 3.8) is 0 Å². The molecule has 0 atom stereocenters. The minimum atomic E-state index is -0.459. The van der Waals surface area contributed by atoms with Gasteiger partial charge in [0.15, 0.2) is 5.75 Å². The van der Waals surface area contributed by atoms with Crippen LogP contribution in [0.25, 0.3) is 0 Å². The van der Waals surface area contributed by atoms with Crippen molar-refractivity contribution in [1.82, 2.24) is 4.98 Å². The Balaban J connectivity index is 2.06. The first-order valence-electron chi connectivity index (χ1n) is 6.20. The van der Waals surface area contributed by atoms with Crippen LogP contribution in [0.2, 0.25) is 0 Å². The molecule has 0 fully saturated rings. The number of hydrogen-bond acceptors (Lipinski definition) is 5. The number of nitro groups is 1. The van der Waals surface area contributed by atoms with Gasteiger partial charge < -0.3 is 10.5 Å². The average Bonchev–Trinajstić information content (AvgIpc) is 2.48. The van der Waals surface area contributed by atoms with Crippen molar-refractivity contribution in [3.8, 4) is 5.75 Å². The van der Waals surface area contributed by atoms with Crippen LogP contribution in [0.3, 0.4) is 0 Å². The molecule has 1 heterocycles. The molecule has 1 aromatic heterocycles. The highest BCUT2D eigenvalue weighted by Gasteiger charge is 2.15. The Morgan fingerprint density at radius 3 is 2.80 bits per heavy atom. The average molecular weight is 273 g/mol. The van der Waals surface area contributed by atoms with Crippen LogP contribution in [0.5, 0.6) is 5.75 Å². The van der Waals surface area contributed by atoms with E-state index in [1.165, 1.54) is 6.07 Å². The van der Waals surface area contributed by atoms with Gasteiger partial charge in [-0.25, -0.2) is 0 Å². The Morgan fingerprint density at radius 2 is 2.15 bits per heavy atom. The summed E-state index contributed by atoms with van der Waals surface area (Å²) in [5.74, 6) is 0.252. The zero-order valence-corrected chi connectivity index (χ0v) is 10.9. The number of rotatable bonds is 6. The van der Waals surface area contributed by atoms with Crippen molar-refractivity contribution in [2.24, 2.45) is 5.73 Å². The van der Waals surface area contributed by atoms with E-state index in [0.717, 1.165) is 11.1 Å². The van der Waals surface area contributed by atoms with E-state index in [2.05, 4.69) is 4.98 Å². The first kappa shape index (κ1) is 14.0. The van der Waals surface area contributed by atoms with Gasteiger partial charge in [-0.3, -0.25) is 15.1 Å². The topological polar surface area (TPSA) is 91.3 Å². The van der Waals surface area contributed by atoms with Crippen LogP contribution in [0.4, 0.5) is 5.69 Å². The van der Waals surface area contributed by atoms with E-state index in [1.807, 2.05) is 12.1 Å². The summed E-state index contributed by atoms with van der Waals surface area (Å²) in [4.78, 5) is 14.5. The lowest BCUT2D eigenvalue weighted by molar-refractivity contribution is -0.385. The molecule has 1 aromatic carbocycles. The molecule has 2 rings (SSSR count). The maximum atomic E-state index is 10.9. The molecule has 0 spiro atoms. The van der Waals surface area contributed by atoms with Gasteiger partial charge in [0.05, 0.1) is 11.5 Å². The molecule has 0 bridgehead atoms. The number of nitro benzene ring substituents is 1. The van der Waals surface area contributed by atoms with E-state index in [4.69, 9.17) is 10.5 Å². The first-order chi connectivity index (χ1) is 9.70. The number of pyridine rings is 1. The number of hydrogen-bond donors (Lipinski definition) is 1. The summed E-state index contributed by atoms with van der Waals surface area (Å²) in [7, 11) is 0. The third-order valence-corrected chi connectivity index (χ3v) is 2.83. The number of nitrogens with two attached hydrogens (primary N) is 1. The summed E-state index contributed by atoms with van der Waals surface area (Å²) in [5.41, 5.74) is 7.30. The Kier molecular flexibility index (Phi) is 4.62. The SMILES string of the molecule is NCc1ccc([N+](=O)[O-])c(OCCc2cccnc2)c1. The van der Waals surface area contributed by atoms with Crippen molar-refractivity contribution in [3.05, 3.63) is 64.0 Å². The second-order valence-corrected chi connectivity index (χ2v) is 4.22. The summed E-state index contributed by atoms with van der Waals surface area (Å²) in [6.07, 6.45) is 4.08. The number of ether oxygens (including phenoxy) is 1. The van der Waals surface area contributed by atoms with Gasteiger partial charge in [-0.05, 0) is 23.3 Å². The Bertz CT molecular complexity index is 587. The van der Waals surface area contributed by atoms with Crippen LogP contribution in [-0.2, 0) is 13.0 Å². The summed E-state index contributed by atoms with van der Waals surface area (Å²) in [6, 6.07) is 8.43. The van der Waals surface area contributed by atoms with Gasteiger partial charge in [0.1, 0.15) is 0 Å². The minimum absolute atomic E-state index is 0.0478. The van der Waals surface area contributed by atoms with E-state index < -0.39 is 4.92 Å². The molecular formula is C14H15N3O3. The molecule has 104 valence electrons. The molecule has 20 heavy (non-hydrogen) atoms. The van der Waals surface area contributed by atoms with Gasteiger partial charge in [0, 0.05) is 31.4 Å². The summed E-state index contributed by atoms with van der Waals surface area (Å²) >= 11 is 0. The molecule has 2 aromatic rings. The van der Waals surface area contributed by atoms with Crippen molar-refractivity contribution < 1.29 is 9.66 Å². The van der Waals surface area contributed by atoms with Crippen LogP contribution in [0.1, 0.15) is 11.1 Å². The molecule has 0 aliphatic heterocycles. The highest BCUT2D eigenvalue weighted by molar-refractivity contribution is 5.48. The normalized spacial score (nSPS) is 10.2. The molecule has 0 aliphatic carbocycles. The second kappa shape index (κ2) is 6.63. The Labute approximate surface area is 116 Å². The molecule has 6 nitrogen and oxygen atoms in total. The fourth-order valence-corrected chi connectivity index (χ4v) is 1.78. The van der Waals surface area contributed by atoms with E-state index in [0.29, 0.717) is 19.6 Å². The van der Waals surface area contributed by atoms with E-state index in [1.54, 1.807) is 24.5 Å². The fraction of sp³-hybridized carbons (Fsp3) is 0.214. The van der Waals surface area contributed by atoms with Crippen molar-refractivity contribution in [1.29, 1.82) is 0 Å². The zero-order chi connectivity index (χ0) is 14.4. The zero-order valence-electron chi connectivity index (χ0n) is 10.9. The smallest absolute Gasteiger partial charge is 0.310 e. The lowest BCUT2D eigenvalue weighted by Crippen LogP contribution is -2.05. The highest BCUT2D eigenvalue weighted by atomic mass is 16.6. The van der Waals surface area contributed by atoms with Crippen LogP contribution in [-0.4, -0.2) is 16.5 Å². The Hall–Kier alpha value is -2.47. The molecule has 0 radical (unpaired) electrons. The highest BCUT2D eigenvalue weighted by Crippen LogP contribution is 2.28. The number of aromatic nitrogens is 1. The lowest BCUT2D eigenvalue weighted by atomic mass is 10.2. The van der Waals surface area contributed by atoms with Crippen LogP contribution in [0.15, 0.2) is 42.7 Å². The van der Waals surface area contributed by atoms with Gasteiger partial charge >= 0.3 is 5.69 Å². The second-order valence-electron chi connectivity index (χ2n) is 4.22. The number of benzene rings is 1. The lowest BCUT2D eigenvalue weighted by Gasteiger charge is -2.08. The van der Waals surface area contributed by atoms with E-state index >= 15 is 0 Å². The van der Waals surface area contributed by atoms with Crippen molar-refractivity contribution >= 4 is 5.69 Å². The molecule has 0 aliphatic rings. The fourth-order valence-electron chi connectivity index (χ4n) is 1.78. The maximum Gasteiger partial charge on any atom is 0.310 e. The Morgan fingerprint density at radius 1 is 1.30 bits per heavy atom. The van der Waals surface area contributed by atoms with Crippen LogP contribution in [0, 0.1) is 10.1 Å². The monoisotopic (exact) mass is 273 g/mol. The summed E-state index contributed by atoms with van der Waals surface area (Å²) < 4.78 is 5.52. The van der Waals surface area contributed by atoms with Crippen molar-refractivity contribution in [2.75, 3.05) is 6.61 Å². The summed E-state index contributed by atoms with van der Waals surface area (Å²) in [6.45, 7) is 0.664. The van der Waals surface area contributed by atoms with Gasteiger partial charge in [0.25, 0.3) is 0 Å². The van der Waals surface area contributed by atoms with Crippen LogP contribution < -0.4 is 10.5 Å². The molecular weight excluding hydrogens is 258 g/mol. The van der Waals surface area contributed by atoms with E-state index in [9.17, 15) is 10.1 Å². The molecule has 0 amide bonds. The quantitative estimate of drug-likeness (QED) is 0.642. The summed E-state index contributed by atoms with van der Waals surface area (Å²) in [5, 5.41) is 10.9. The van der Waals surface area contributed by atoms with Gasteiger partial charge in [-0.1, -0.05) is 12.1 Å². The maximum absolute atomic E-state index is 10.9. The first-order valence-corrected chi connectivity index (χ1v) is 6.20. The van der Waals surface area contributed by atoms with Gasteiger partial charge in [0.2, 0.25) is 0 Å². The molecule has 0 saturated heterocycles. The molecule has 0 saturated carbocycles. The van der Waals surface area contributed by atoms with Gasteiger partial charge in [-0.15, -0.1) is 0 Å². The number of nitrogens with zero attached hydrogens (tertiary/aromatic N) is 2. The standard InChI is InChI=1S/C14H15N3O3/c15-9-12-3-4-13(17(18)19)14(8-12)20-7-5-11-2-1-6-16-10-11/h1-4,6,8,10H,5,7,9,15H2. The van der Waals surface area contributed by atoms with E-state index in [-0.39, 0.29) is 11.4 Å². The van der Waals surface area contributed by atoms with Gasteiger partial charge in [-0.2, -0.15) is 0 Å². The largest absolute Gasteiger partial charge is 0.486 e. The molecule has 6 heteroatoms. The third kappa shape index (κ3) is 3.52. The third-order valence-electron chi connectivity index (χ3n) is 2.83. The predicted octanol–water partition coefficient (Wildman–Crippen LogP) is 2.07. The minimum Gasteiger partial charge on any atom is -0.486 e. The molecule has 2 N–H and O–H groups in total. The van der Waals surface area contributed by atoms with Crippen LogP contribution >= 0.6 is 0 Å². The molecule has 0 unspecified atom stereocenters. The van der Waals surface area contributed by atoms with Crippen molar-refractivity contribution in [2.45, 2.75) is 13.0 Å².